The van der Waals surface area contributed by atoms with Crippen LogP contribution in [0.1, 0.15) is 19.8 Å². The number of carbonyl (C=O) groups is 1. The standard InChI is InChI=1S/C8H16F2N2O2/c1-5(11)2-3-7(14)12-4-6(13)8(9)10/h5-6,8,13H,2-4,11H2,1H3,(H,12,14). The molecule has 0 aromatic rings. The van der Waals surface area contributed by atoms with E-state index in [0.717, 1.165) is 0 Å². The average Bonchev–Trinajstić information content (AvgIpc) is 2.10. The van der Waals surface area contributed by atoms with Crippen LogP contribution in [-0.2, 0) is 4.79 Å². The van der Waals surface area contributed by atoms with E-state index in [1.807, 2.05) is 0 Å². The fourth-order valence-electron chi connectivity index (χ4n) is 0.755. The van der Waals surface area contributed by atoms with Crippen LogP contribution >= 0.6 is 0 Å². The van der Waals surface area contributed by atoms with Crippen molar-refractivity contribution < 1.29 is 18.7 Å². The third kappa shape index (κ3) is 6.73. The highest BCUT2D eigenvalue weighted by molar-refractivity contribution is 5.75. The fourth-order valence-corrected chi connectivity index (χ4v) is 0.755. The molecule has 0 saturated carbocycles. The maximum Gasteiger partial charge on any atom is 0.265 e. The van der Waals surface area contributed by atoms with Crippen molar-refractivity contribution in [3.8, 4) is 0 Å². The first-order valence-corrected chi connectivity index (χ1v) is 4.42. The van der Waals surface area contributed by atoms with Gasteiger partial charge in [0.15, 0.2) is 0 Å². The molecule has 0 radical (unpaired) electrons. The molecule has 4 N–H and O–H groups in total. The molecule has 0 aromatic carbocycles. The monoisotopic (exact) mass is 210 g/mol. The van der Waals surface area contributed by atoms with Gasteiger partial charge in [-0.3, -0.25) is 4.79 Å². The van der Waals surface area contributed by atoms with Crippen LogP contribution in [0.15, 0.2) is 0 Å². The Kier molecular flexibility index (Phi) is 6.31. The van der Waals surface area contributed by atoms with Crippen molar-refractivity contribution in [2.75, 3.05) is 6.54 Å². The van der Waals surface area contributed by atoms with Gasteiger partial charge < -0.3 is 16.2 Å². The Morgan fingerprint density at radius 1 is 1.57 bits per heavy atom. The van der Waals surface area contributed by atoms with Gasteiger partial charge in [-0.15, -0.1) is 0 Å². The van der Waals surface area contributed by atoms with Crippen molar-refractivity contribution in [2.24, 2.45) is 5.73 Å². The van der Waals surface area contributed by atoms with Crippen LogP contribution in [-0.4, -0.2) is 36.1 Å². The summed E-state index contributed by atoms with van der Waals surface area (Å²) in [6, 6.07) is -0.0965. The highest BCUT2D eigenvalue weighted by Gasteiger charge is 2.17. The van der Waals surface area contributed by atoms with E-state index in [1.54, 1.807) is 6.92 Å². The Bertz CT molecular complexity index is 177. The van der Waals surface area contributed by atoms with Crippen molar-refractivity contribution >= 4 is 5.91 Å². The zero-order chi connectivity index (χ0) is 11.1. The van der Waals surface area contributed by atoms with Gasteiger partial charge in [0.25, 0.3) is 6.43 Å². The van der Waals surface area contributed by atoms with E-state index in [0.29, 0.717) is 6.42 Å². The Morgan fingerprint density at radius 2 is 2.14 bits per heavy atom. The van der Waals surface area contributed by atoms with Gasteiger partial charge in [-0.2, -0.15) is 0 Å². The third-order valence-electron chi connectivity index (χ3n) is 1.63. The molecule has 6 heteroatoms. The van der Waals surface area contributed by atoms with E-state index in [-0.39, 0.29) is 18.4 Å². The van der Waals surface area contributed by atoms with Crippen molar-refractivity contribution in [3.05, 3.63) is 0 Å². The van der Waals surface area contributed by atoms with Gasteiger partial charge in [0.2, 0.25) is 5.91 Å². The number of hydrogen-bond donors (Lipinski definition) is 3. The molecule has 2 atom stereocenters. The molecule has 0 bridgehead atoms. The Morgan fingerprint density at radius 3 is 2.57 bits per heavy atom. The number of aliphatic hydroxyl groups excluding tert-OH is 1. The average molecular weight is 210 g/mol. The van der Waals surface area contributed by atoms with Crippen LogP contribution in [0.3, 0.4) is 0 Å². The molecule has 0 aliphatic carbocycles. The van der Waals surface area contributed by atoms with Gasteiger partial charge in [0, 0.05) is 19.0 Å². The molecule has 2 unspecified atom stereocenters. The molecule has 0 saturated heterocycles. The number of aliphatic hydroxyl groups is 1. The molecular weight excluding hydrogens is 194 g/mol. The van der Waals surface area contributed by atoms with Crippen molar-refractivity contribution in [2.45, 2.75) is 38.3 Å². The lowest BCUT2D eigenvalue weighted by Crippen LogP contribution is -2.36. The van der Waals surface area contributed by atoms with Crippen LogP contribution in [0.2, 0.25) is 0 Å². The fraction of sp³-hybridized carbons (Fsp3) is 0.875. The second kappa shape index (κ2) is 6.67. The predicted octanol–water partition coefficient (Wildman–Crippen LogP) is -0.144. The summed E-state index contributed by atoms with van der Waals surface area (Å²) in [6.45, 7) is 1.33. The molecule has 0 aliphatic heterocycles. The Balaban J connectivity index is 3.54. The van der Waals surface area contributed by atoms with Crippen molar-refractivity contribution in [1.29, 1.82) is 0 Å². The third-order valence-corrected chi connectivity index (χ3v) is 1.63. The molecule has 4 nitrogen and oxygen atoms in total. The Labute approximate surface area is 81.5 Å². The zero-order valence-corrected chi connectivity index (χ0v) is 8.04. The lowest BCUT2D eigenvalue weighted by molar-refractivity contribution is -0.122. The van der Waals surface area contributed by atoms with Crippen LogP contribution in [0.4, 0.5) is 8.78 Å². The van der Waals surface area contributed by atoms with Crippen molar-refractivity contribution in [1.82, 2.24) is 5.32 Å². The minimum Gasteiger partial charge on any atom is -0.385 e. The summed E-state index contributed by atoms with van der Waals surface area (Å²) < 4.78 is 23.5. The lowest BCUT2D eigenvalue weighted by atomic mass is 10.2. The Hall–Kier alpha value is -0.750. The summed E-state index contributed by atoms with van der Waals surface area (Å²) >= 11 is 0. The summed E-state index contributed by atoms with van der Waals surface area (Å²) in [6.07, 6.45) is -3.94. The van der Waals surface area contributed by atoms with Crippen LogP contribution in [0, 0.1) is 0 Å². The first-order chi connectivity index (χ1) is 6.43. The largest absolute Gasteiger partial charge is 0.385 e. The molecule has 0 aliphatic rings. The molecule has 0 rings (SSSR count). The molecule has 1 amide bonds. The van der Waals surface area contributed by atoms with E-state index in [4.69, 9.17) is 10.8 Å². The van der Waals surface area contributed by atoms with E-state index in [2.05, 4.69) is 5.32 Å². The van der Waals surface area contributed by atoms with Crippen LogP contribution < -0.4 is 11.1 Å². The van der Waals surface area contributed by atoms with E-state index < -0.39 is 19.1 Å². The van der Waals surface area contributed by atoms with E-state index >= 15 is 0 Å². The molecule has 0 heterocycles. The normalized spacial score (nSPS) is 15.3. The number of amides is 1. The quantitative estimate of drug-likeness (QED) is 0.571. The summed E-state index contributed by atoms with van der Waals surface area (Å²) in [4.78, 5) is 11.0. The van der Waals surface area contributed by atoms with Gasteiger partial charge in [0.05, 0.1) is 0 Å². The zero-order valence-electron chi connectivity index (χ0n) is 8.04. The SMILES string of the molecule is CC(N)CCC(=O)NCC(O)C(F)F. The molecule has 0 fully saturated rings. The van der Waals surface area contributed by atoms with Gasteiger partial charge in [-0.1, -0.05) is 0 Å². The minimum atomic E-state index is -2.83. The topological polar surface area (TPSA) is 75.4 Å². The molecule has 14 heavy (non-hydrogen) atoms. The number of carbonyl (C=O) groups excluding carboxylic acids is 1. The second-order valence-corrected chi connectivity index (χ2v) is 3.22. The lowest BCUT2D eigenvalue weighted by Gasteiger charge is -2.11. The number of alkyl halides is 2. The summed E-state index contributed by atoms with van der Waals surface area (Å²) in [7, 11) is 0. The first kappa shape index (κ1) is 13.2. The number of halogens is 2. The predicted molar refractivity (Wildman–Crippen MR) is 47.9 cm³/mol. The number of hydrogen-bond acceptors (Lipinski definition) is 3. The number of rotatable bonds is 6. The van der Waals surface area contributed by atoms with Crippen LogP contribution in [0.25, 0.3) is 0 Å². The summed E-state index contributed by atoms with van der Waals surface area (Å²) in [5.74, 6) is -0.373. The number of nitrogens with two attached hydrogens (primary N) is 1. The maximum absolute atomic E-state index is 11.8. The van der Waals surface area contributed by atoms with Gasteiger partial charge in [-0.25, -0.2) is 8.78 Å². The molecule has 0 aromatic heterocycles. The molecular formula is C8H16F2N2O2. The summed E-state index contributed by atoms with van der Waals surface area (Å²) in [5.41, 5.74) is 5.40. The molecule has 0 spiro atoms. The first-order valence-electron chi connectivity index (χ1n) is 4.42. The number of nitrogens with one attached hydrogen (secondary N) is 1. The van der Waals surface area contributed by atoms with Crippen LogP contribution in [0.5, 0.6) is 0 Å². The van der Waals surface area contributed by atoms with Gasteiger partial charge in [0.1, 0.15) is 6.10 Å². The highest BCUT2D eigenvalue weighted by Crippen LogP contribution is 1.99. The second-order valence-electron chi connectivity index (χ2n) is 3.22. The van der Waals surface area contributed by atoms with E-state index in [9.17, 15) is 13.6 Å². The van der Waals surface area contributed by atoms with Crippen molar-refractivity contribution in [3.63, 3.8) is 0 Å². The highest BCUT2D eigenvalue weighted by atomic mass is 19.3. The van der Waals surface area contributed by atoms with Gasteiger partial charge >= 0.3 is 0 Å². The van der Waals surface area contributed by atoms with Gasteiger partial charge in [-0.05, 0) is 13.3 Å². The smallest absolute Gasteiger partial charge is 0.265 e. The minimum absolute atomic E-state index is 0.0965. The maximum atomic E-state index is 11.8. The summed E-state index contributed by atoms with van der Waals surface area (Å²) in [5, 5.41) is 10.9. The van der Waals surface area contributed by atoms with E-state index in [1.165, 1.54) is 0 Å². The molecule has 84 valence electrons.